The Morgan fingerprint density at radius 1 is 1.37 bits per heavy atom. The number of ether oxygens (including phenoxy) is 2. The molecule has 0 aromatic heterocycles. The van der Waals surface area contributed by atoms with Crippen LogP contribution in [-0.4, -0.2) is 36.7 Å². The highest BCUT2D eigenvalue weighted by molar-refractivity contribution is 5.82. The van der Waals surface area contributed by atoms with Crippen LogP contribution in [0.3, 0.4) is 0 Å². The van der Waals surface area contributed by atoms with Crippen LogP contribution in [0, 0.1) is 5.92 Å². The molecule has 0 radical (unpaired) electrons. The molecule has 0 amide bonds. The Balaban J connectivity index is 2.68. The molecule has 0 saturated carbocycles. The Morgan fingerprint density at radius 3 is 2.67 bits per heavy atom. The lowest BCUT2D eigenvalue weighted by molar-refractivity contribution is -0.167. The predicted molar refractivity (Wildman–Crippen MR) is 105 cm³/mol. The van der Waals surface area contributed by atoms with Gasteiger partial charge in [0.1, 0.15) is 24.2 Å². The summed E-state index contributed by atoms with van der Waals surface area (Å²) in [6.45, 7) is 9.13. The summed E-state index contributed by atoms with van der Waals surface area (Å²) in [5.74, 6) is -0.102. The highest BCUT2D eigenvalue weighted by atomic mass is 19.1. The van der Waals surface area contributed by atoms with Gasteiger partial charge in [0.15, 0.2) is 0 Å². The van der Waals surface area contributed by atoms with Gasteiger partial charge in [-0.05, 0) is 58.4 Å². The van der Waals surface area contributed by atoms with Crippen molar-refractivity contribution < 1.29 is 23.5 Å². The largest absolute Gasteiger partial charge is 0.459 e. The van der Waals surface area contributed by atoms with Crippen molar-refractivity contribution in [3.63, 3.8) is 0 Å². The second kappa shape index (κ2) is 11.4. The van der Waals surface area contributed by atoms with E-state index in [1.54, 1.807) is 6.08 Å². The van der Waals surface area contributed by atoms with Crippen LogP contribution in [0.4, 0.5) is 4.39 Å². The van der Waals surface area contributed by atoms with Gasteiger partial charge in [-0.3, -0.25) is 9.59 Å². The van der Waals surface area contributed by atoms with Crippen LogP contribution < -0.4 is 0 Å². The third kappa shape index (κ3) is 8.37. The van der Waals surface area contributed by atoms with E-state index < -0.39 is 12.3 Å². The lowest BCUT2D eigenvalue weighted by atomic mass is 9.87. The van der Waals surface area contributed by atoms with Gasteiger partial charge in [0, 0.05) is 19.3 Å². The summed E-state index contributed by atoms with van der Waals surface area (Å²) in [7, 11) is 0. The molecule has 0 aliphatic carbocycles. The van der Waals surface area contributed by atoms with Gasteiger partial charge in [-0.2, -0.15) is 0 Å². The molecule has 27 heavy (non-hydrogen) atoms. The fourth-order valence-electron chi connectivity index (χ4n) is 3.36. The van der Waals surface area contributed by atoms with Gasteiger partial charge < -0.3 is 9.47 Å². The molecule has 0 aromatic carbocycles. The number of allylic oxidation sites excluding steroid dienone is 3. The normalized spacial score (nSPS) is 25.6. The molecule has 5 heteroatoms. The van der Waals surface area contributed by atoms with Crippen LogP contribution in [0.1, 0.15) is 73.1 Å². The number of carbonyl (C=O) groups excluding carboxylic acids is 2. The van der Waals surface area contributed by atoms with E-state index >= 15 is 0 Å². The molecule has 1 saturated heterocycles. The van der Waals surface area contributed by atoms with Crippen molar-refractivity contribution in [2.75, 3.05) is 13.3 Å². The average molecular weight is 383 g/mol. The van der Waals surface area contributed by atoms with Crippen molar-refractivity contribution in [3.8, 4) is 0 Å². The first-order chi connectivity index (χ1) is 12.7. The van der Waals surface area contributed by atoms with Crippen molar-refractivity contribution in [2.45, 2.75) is 84.8 Å². The molecular weight excluding hydrogens is 347 g/mol. The van der Waals surface area contributed by atoms with Crippen molar-refractivity contribution in [3.05, 3.63) is 23.3 Å². The van der Waals surface area contributed by atoms with E-state index in [-0.39, 0.29) is 23.8 Å². The zero-order valence-electron chi connectivity index (χ0n) is 17.5. The van der Waals surface area contributed by atoms with Gasteiger partial charge in [0.2, 0.25) is 0 Å². The molecule has 1 rings (SSSR count). The molecule has 1 fully saturated rings. The average Bonchev–Trinajstić information content (AvgIpc) is 2.73. The molecular formula is C22H35FO4. The summed E-state index contributed by atoms with van der Waals surface area (Å²) >= 11 is 0. The van der Waals surface area contributed by atoms with Crippen molar-refractivity contribution in [1.82, 2.24) is 0 Å². The molecule has 0 spiro atoms. The standard InChI is InChI=1S/C22H35FO4/c1-16(2)8-10-20(25)17(3)7-6-13-22(5)21(27-18(4)24)11-9-19(12-14-23)15-26-22/h8,12,17,21H,6-7,9-11,13-15H2,1-5H3/b19-12+/t17?,21-,22+/m1/s1. The van der Waals surface area contributed by atoms with Crippen LogP contribution in [0.5, 0.6) is 0 Å². The van der Waals surface area contributed by atoms with Crippen LogP contribution >= 0.6 is 0 Å². The first-order valence-corrected chi connectivity index (χ1v) is 9.89. The van der Waals surface area contributed by atoms with E-state index in [1.165, 1.54) is 6.92 Å². The maximum atomic E-state index is 12.6. The monoisotopic (exact) mass is 382 g/mol. The Morgan fingerprint density at radius 2 is 2.07 bits per heavy atom. The predicted octanol–water partition coefficient (Wildman–Crippen LogP) is 5.11. The third-order valence-corrected chi connectivity index (χ3v) is 5.24. The van der Waals surface area contributed by atoms with Crippen LogP contribution in [-0.2, 0) is 19.1 Å². The number of alkyl halides is 1. The number of hydrogen-bond acceptors (Lipinski definition) is 4. The molecule has 1 aliphatic heterocycles. The number of hydrogen-bond donors (Lipinski definition) is 0. The summed E-state index contributed by atoms with van der Waals surface area (Å²) in [5, 5.41) is 0. The topological polar surface area (TPSA) is 52.6 Å². The molecule has 1 unspecified atom stereocenters. The van der Waals surface area contributed by atoms with Gasteiger partial charge in [0.05, 0.1) is 6.61 Å². The van der Waals surface area contributed by atoms with Crippen molar-refractivity contribution in [2.24, 2.45) is 5.92 Å². The number of Topliss-reactive ketones (excluding diaryl/α,β-unsaturated/α-hetero) is 1. The zero-order chi connectivity index (χ0) is 20.4. The van der Waals surface area contributed by atoms with Gasteiger partial charge >= 0.3 is 5.97 Å². The van der Waals surface area contributed by atoms with E-state index in [0.29, 0.717) is 32.3 Å². The lowest BCUT2D eigenvalue weighted by Gasteiger charge is -2.35. The van der Waals surface area contributed by atoms with E-state index in [4.69, 9.17) is 9.47 Å². The van der Waals surface area contributed by atoms with Crippen LogP contribution in [0.2, 0.25) is 0 Å². The highest BCUT2D eigenvalue weighted by Crippen LogP contribution is 2.34. The number of rotatable bonds is 9. The smallest absolute Gasteiger partial charge is 0.303 e. The van der Waals surface area contributed by atoms with Gasteiger partial charge in [-0.15, -0.1) is 0 Å². The summed E-state index contributed by atoms with van der Waals surface area (Å²) in [6.07, 6.45) is 7.17. The first-order valence-electron chi connectivity index (χ1n) is 9.89. The maximum absolute atomic E-state index is 12.6. The van der Waals surface area contributed by atoms with Crippen LogP contribution in [0.15, 0.2) is 23.3 Å². The van der Waals surface area contributed by atoms with Crippen molar-refractivity contribution in [1.29, 1.82) is 0 Å². The first kappa shape index (κ1) is 23.5. The third-order valence-electron chi connectivity index (χ3n) is 5.24. The minimum atomic E-state index is -0.625. The number of esters is 1. The van der Waals surface area contributed by atoms with E-state index in [1.807, 2.05) is 33.8 Å². The van der Waals surface area contributed by atoms with E-state index in [0.717, 1.165) is 24.0 Å². The second-order valence-electron chi connectivity index (χ2n) is 8.00. The van der Waals surface area contributed by atoms with Gasteiger partial charge in [0.25, 0.3) is 0 Å². The van der Waals surface area contributed by atoms with Crippen LogP contribution in [0.25, 0.3) is 0 Å². The minimum absolute atomic E-state index is 0.0100. The van der Waals surface area contributed by atoms with E-state index in [9.17, 15) is 14.0 Å². The Kier molecular flexibility index (Phi) is 9.92. The summed E-state index contributed by atoms with van der Waals surface area (Å²) in [5.41, 5.74) is 1.43. The second-order valence-corrected chi connectivity index (χ2v) is 8.00. The Bertz CT molecular complexity index is 563. The molecule has 0 bridgehead atoms. The SMILES string of the molecule is CC(=O)O[C@@H]1CC/C(=C\CF)CO[C@@]1(C)CCCC(C)C(=O)CC=C(C)C. The molecule has 0 N–H and O–H groups in total. The zero-order valence-corrected chi connectivity index (χ0v) is 17.5. The van der Waals surface area contributed by atoms with E-state index in [2.05, 4.69) is 0 Å². The summed E-state index contributed by atoms with van der Waals surface area (Å²) in [6, 6.07) is 0. The Labute approximate surface area is 163 Å². The van der Waals surface area contributed by atoms with Gasteiger partial charge in [-0.25, -0.2) is 4.39 Å². The highest BCUT2D eigenvalue weighted by Gasteiger charge is 2.39. The van der Waals surface area contributed by atoms with Crippen molar-refractivity contribution >= 4 is 11.8 Å². The molecule has 0 aromatic rings. The quantitative estimate of drug-likeness (QED) is 0.410. The minimum Gasteiger partial charge on any atom is -0.459 e. The van der Waals surface area contributed by atoms with Gasteiger partial charge in [-0.1, -0.05) is 24.6 Å². The maximum Gasteiger partial charge on any atom is 0.303 e. The molecule has 4 nitrogen and oxygen atoms in total. The fraction of sp³-hybridized carbons (Fsp3) is 0.727. The molecule has 1 aliphatic rings. The number of carbonyl (C=O) groups is 2. The number of halogens is 1. The Hall–Kier alpha value is -1.49. The summed E-state index contributed by atoms with van der Waals surface area (Å²) < 4.78 is 24.2. The summed E-state index contributed by atoms with van der Waals surface area (Å²) in [4.78, 5) is 23.7. The molecule has 154 valence electrons. The lowest BCUT2D eigenvalue weighted by Crippen LogP contribution is -2.43. The number of ketones is 1. The molecule has 1 heterocycles. The fourth-order valence-corrected chi connectivity index (χ4v) is 3.36. The molecule has 3 atom stereocenters.